The molecule has 1 aromatic carbocycles. The van der Waals surface area contributed by atoms with Gasteiger partial charge in [0.05, 0.1) is 6.54 Å². The molecule has 15 heavy (non-hydrogen) atoms. The highest BCUT2D eigenvalue weighted by atomic mass is 16.5. The van der Waals surface area contributed by atoms with Gasteiger partial charge < -0.3 is 9.30 Å². The van der Waals surface area contributed by atoms with E-state index in [9.17, 15) is 0 Å². The Morgan fingerprint density at radius 3 is 3.07 bits per heavy atom. The summed E-state index contributed by atoms with van der Waals surface area (Å²) in [6.07, 6.45) is 0. The minimum Gasteiger partial charge on any atom is -0.485 e. The molecule has 4 nitrogen and oxygen atoms in total. The molecule has 0 radical (unpaired) electrons. The van der Waals surface area contributed by atoms with E-state index in [2.05, 4.69) is 20.8 Å². The Morgan fingerprint density at radius 1 is 1.27 bits per heavy atom. The molecule has 0 N–H and O–H groups in total. The third kappa shape index (κ3) is 1.29. The Morgan fingerprint density at radius 2 is 2.13 bits per heavy atom. The zero-order valence-corrected chi connectivity index (χ0v) is 8.47. The molecule has 0 saturated carbocycles. The van der Waals surface area contributed by atoms with E-state index >= 15 is 0 Å². The lowest BCUT2D eigenvalue weighted by atomic mass is 10.2. The van der Waals surface area contributed by atoms with Crippen LogP contribution in [-0.2, 0) is 13.2 Å². The Balaban J connectivity index is 2.12. The Kier molecular flexibility index (Phi) is 1.74. The molecule has 0 amide bonds. The van der Waals surface area contributed by atoms with E-state index in [0.29, 0.717) is 6.61 Å². The number of fused-ring (bicyclic) bond motifs is 2. The van der Waals surface area contributed by atoms with E-state index in [1.165, 1.54) is 5.56 Å². The lowest BCUT2D eigenvalue weighted by molar-refractivity contribution is 0.297. The summed E-state index contributed by atoms with van der Waals surface area (Å²) in [6.45, 7) is 3.26. The standard InChI is InChI=1S/C11H11N3O/c1-8-12-13-11-7-15-10-5-3-2-4-9(10)6-14(8)11/h2-5H,6-7H2,1H3. The van der Waals surface area contributed by atoms with Crippen molar-refractivity contribution in [2.45, 2.75) is 20.1 Å². The molecule has 76 valence electrons. The first kappa shape index (κ1) is 8.47. The van der Waals surface area contributed by atoms with Crippen LogP contribution in [-0.4, -0.2) is 14.8 Å². The van der Waals surface area contributed by atoms with E-state index < -0.39 is 0 Å². The fraction of sp³-hybridized carbons (Fsp3) is 0.273. The molecule has 4 heteroatoms. The van der Waals surface area contributed by atoms with Gasteiger partial charge in [-0.25, -0.2) is 0 Å². The summed E-state index contributed by atoms with van der Waals surface area (Å²) in [5, 5.41) is 8.13. The molecule has 2 aromatic rings. The second kappa shape index (κ2) is 3.08. The number of nitrogens with zero attached hydrogens (tertiary/aromatic N) is 3. The van der Waals surface area contributed by atoms with Gasteiger partial charge in [-0.05, 0) is 13.0 Å². The predicted molar refractivity (Wildman–Crippen MR) is 54.6 cm³/mol. The van der Waals surface area contributed by atoms with Gasteiger partial charge in [0.15, 0.2) is 5.82 Å². The summed E-state index contributed by atoms with van der Waals surface area (Å²) in [5.74, 6) is 2.77. The number of aryl methyl sites for hydroxylation is 1. The monoisotopic (exact) mass is 201 g/mol. The zero-order valence-electron chi connectivity index (χ0n) is 8.47. The van der Waals surface area contributed by atoms with Crippen LogP contribution in [0.2, 0.25) is 0 Å². The van der Waals surface area contributed by atoms with Gasteiger partial charge in [0.25, 0.3) is 0 Å². The molecule has 0 unspecified atom stereocenters. The maximum atomic E-state index is 5.66. The van der Waals surface area contributed by atoms with Gasteiger partial charge in [0.2, 0.25) is 0 Å². The van der Waals surface area contributed by atoms with E-state index in [1.54, 1.807) is 0 Å². The van der Waals surface area contributed by atoms with Crippen molar-refractivity contribution in [3.05, 3.63) is 41.5 Å². The van der Waals surface area contributed by atoms with Crippen LogP contribution in [0.3, 0.4) is 0 Å². The van der Waals surface area contributed by atoms with Crippen molar-refractivity contribution in [1.82, 2.24) is 14.8 Å². The van der Waals surface area contributed by atoms with Crippen LogP contribution in [0.25, 0.3) is 0 Å². The van der Waals surface area contributed by atoms with Gasteiger partial charge in [0, 0.05) is 5.56 Å². The molecule has 2 heterocycles. The number of hydrogen-bond acceptors (Lipinski definition) is 3. The number of ether oxygens (including phenoxy) is 1. The number of benzene rings is 1. The summed E-state index contributed by atoms with van der Waals surface area (Å²) in [6, 6.07) is 8.07. The van der Waals surface area contributed by atoms with Crippen molar-refractivity contribution in [2.75, 3.05) is 0 Å². The summed E-state index contributed by atoms with van der Waals surface area (Å²) < 4.78 is 7.75. The van der Waals surface area contributed by atoms with Crippen LogP contribution in [0.15, 0.2) is 24.3 Å². The molecule has 0 spiro atoms. The van der Waals surface area contributed by atoms with Crippen LogP contribution >= 0.6 is 0 Å². The SMILES string of the molecule is Cc1nnc2n1Cc1ccccc1OC2. The third-order valence-electron chi connectivity index (χ3n) is 2.67. The van der Waals surface area contributed by atoms with Gasteiger partial charge in [-0.3, -0.25) is 0 Å². The Hall–Kier alpha value is -1.84. The molecular formula is C11H11N3O. The van der Waals surface area contributed by atoms with Gasteiger partial charge in [-0.15, -0.1) is 10.2 Å². The molecule has 1 aliphatic rings. The predicted octanol–water partition coefficient (Wildman–Crippen LogP) is 1.53. The summed E-state index contributed by atoms with van der Waals surface area (Å²) in [4.78, 5) is 0. The molecule has 0 atom stereocenters. The molecule has 0 fully saturated rings. The van der Waals surface area contributed by atoms with E-state index in [1.807, 2.05) is 25.1 Å². The van der Waals surface area contributed by atoms with Crippen LogP contribution in [0.1, 0.15) is 17.2 Å². The minimum absolute atomic E-state index is 0.498. The van der Waals surface area contributed by atoms with Crippen molar-refractivity contribution >= 4 is 0 Å². The van der Waals surface area contributed by atoms with Crippen molar-refractivity contribution in [1.29, 1.82) is 0 Å². The first-order chi connectivity index (χ1) is 7.34. The van der Waals surface area contributed by atoms with E-state index in [4.69, 9.17) is 4.74 Å². The van der Waals surface area contributed by atoms with Crippen LogP contribution in [0, 0.1) is 6.92 Å². The first-order valence-corrected chi connectivity index (χ1v) is 4.94. The quantitative estimate of drug-likeness (QED) is 0.649. The fourth-order valence-corrected chi connectivity index (χ4v) is 1.83. The summed E-state index contributed by atoms with van der Waals surface area (Å²) >= 11 is 0. The molecule has 3 rings (SSSR count). The smallest absolute Gasteiger partial charge is 0.171 e. The van der Waals surface area contributed by atoms with Crippen molar-refractivity contribution in [2.24, 2.45) is 0 Å². The molecule has 1 aromatic heterocycles. The average molecular weight is 201 g/mol. The topological polar surface area (TPSA) is 39.9 Å². The fourth-order valence-electron chi connectivity index (χ4n) is 1.83. The Bertz CT molecular complexity index is 504. The lowest BCUT2D eigenvalue weighted by Crippen LogP contribution is -2.04. The number of aromatic nitrogens is 3. The maximum absolute atomic E-state index is 5.66. The first-order valence-electron chi connectivity index (χ1n) is 4.94. The van der Waals surface area contributed by atoms with Gasteiger partial charge in [-0.2, -0.15) is 0 Å². The van der Waals surface area contributed by atoms with Crippen LogP contribution in [0.4, 0.5) is 0 Å². The normalized spacial score (nSPS) is 13.7. The van der Waals surface area contributed by atoms with Gasteiger partial charge in [-0.1, -0.05) is 18.2 Å². The highest BCUT2D eigenvalue weighted by molar-refractivity contribution is 5.34. The van der Waals surface area contributed by atoms with E-state index in [-0.39, 0.29) is 0 Å². The molecule has 0 aliphatic carbocycles. The highest BCUT2D eigenvalue weighted by Crippen LogP contribution is 2.24. The van der Waals surface area contributed by atoms with Crippen LogP contribution in [0.5, 0.6) is 5.75 Å². The lowest BCUT2D eigenvalue weighted by Gasteiger charge is -2.05. The number of hydrogen-bond donors (Lipinski definition) is 0. The number of para-hydroxylation sites is 1. The van der Waals surface area contributed by atoms with Gasteiger partial charge in [0.1, 0.15) is 18.2 Å². The van der Waals surface area contributed by atoms with Crippen molar-refractivity contribution < 1.29 is 4.74 Å². The Labute approximate surface area is 87.5 Å². The molecular weight excluding hydrogens is 190 g/mol. The molecule has 0 saturated heterocycles. The second-order valence-corrected chi connectivity index (χ2v) is 3.65. The second-order valence-electron chi connectivity index (χ2n) is 3.65. The van der Waals surface area contributed by atoms with Gasteiger partial charge >= 0.3 is 0 Å². The molecule has 1 aliphatic heterocycles. The van der Waals surface area contributed by atoms with Crippen molar-refractivity contribution in [3.63, 3.8) is 0 Å². The van der Waals surface area contributed by atoms with E-state index in [0.717, 1.165) is 23.9 Å². The zero-order chi connectivity index (χ0) is 10.3. The van der Waals surface area contributed by atoms with Crippen LogP contribution < -0.4 is 4.74 Å². The largest absolute Gasteiger partial charge is 0.485 e. The summed E-state index contributed by atoms with van der Waals surface area (Å²) in [5.41, 5.74) is 1.18. The summed E-state index contributed by atoms with van der Waals surface area (Å²) in [7, 11) is 0. The maximum Gasteiger partial charge on any atom is 0.171 e. The molecule has 0 bridgehead atoms. The highest BCUT2D eigenvalue weighted by Gasteiger charge is 2.16. The average Bonchev–Trinajstić information content (AvgIpc) is 2.51. The number of rotatable bonds is 0. The van der Waals surface area contributed by atoms with Crippen molar-refractivity contribution in [3.8, 4) is 5.75 Å². The minimum atomic E-state index is 0.498. The third-order valence-corrected chi connectivity index (χ3v) is 2.67.